The second-order valence-corrected chi connectivity index (χ2v) is 7.72. The molecule has 0 aliphatic carbocycles. The number of azo groups is 1. The first-order valence-electron chi connectivity index (χ1n) is 11.9. The Morgan fingerprint density at radius 2 is 1.48 bits per heavy atom. The van der Waals surface area contributed by atoms with Crippen LogP contribution in [0.5, 0.6) is 0 Å². The molecule has 5 nitrogen and oxygen atoms in total. The highest BCUT2D eigenvalue weighted by Crippen LogP contribution is 2.16. The Hall–Kier alpha value is -2.43. The van der Waals surface area contributed by atoms with Gasteiger partial charge in [-0.2, -0.15) is 5.11 Å². The Balaban J connectivity index is 2.35. The minimum absolute atomic E-state index is 0.180. The second-order valence-electron chi connectivity index (χ2n) is 7.72. The van der Waals surface area contributed by atoms with E-state index in [2.05, 4.69) is 17.2 Å². The van der Waals surface area contributed by atoms with Gasteiger partial charge in [0.15, 0.2) is 0 Å². The van der Waals surface area contributed by atoms with Crippen molar-refractivity contribution < 1.29 is 14.6 Å². The van der Waals surface area contributed by atoms with Gasteiger partial charge in [-0.3, -0.25) is 0 Å². The molecule has 0 heterocycles. The number of nitrogens with zero attached hydrogens (tertiary/aromatic N) is 2. The van der Waals surface area contributed by atoms with Crippen molar-refractivity contribution in [3.63, 3.8) is 0 Å². The summed E-state index contributed by atoms with van der Waals surface area (Å²) in [6.07, 6.45) is 18.6. The lowest BCUT2D eigenvalue weighted by Crippen LogP contribution is -2.08. The molecule has 0 aromatic heterocycles. The van der Waals surface area contributed by atoms with Gasteiger partial charge < -0.3 is 9.84 Å². The molecule has 0 radical (unpaired) electrons. The second kappa shape index (κ2) is 18.3. The van der Waals surface area contributed by atoms with Crippen molar-refractivity contribution in [1.82, 2.24) is 0 Å². The van der Waals surface area contributed by atoms with Gasteiger partial charge in [0.05, 0.1) is 12.3 Å². The molecule has 172 valence electrons. The third kappa shape index (κ3) is 13.5. The zero-order valence-corrected chi connectivity index (χ0v) is 19.4. The van der Waals surface area contributed by atoms with E-state index in [9.17, 15) is 9.90 Å². The lowest BCUT2D eigenvalue weighted by atomic mass is 10.1. The van der Waals surface area contributed by atoms with Gasteiger partial charge in [0.25, 0.3) is 0 Å². The van der Waals surface area contributed by atoms with E-state index >= 15 is 0 Å². The number of esters is 1. The fraction of sp³-hybridized carbons (Fsp3) is 0.577. The summed E-state index contributed by atoms with van der Waals surface area (Å²) in [6.45, 7) is 4.17. The molecule has 0 amide bonds. The molecule has 0 unspecified atom stereocenters. The molecule has 0 fully saturated rings. The number of ether oxygens (including phenoxy) is 1. The number of benzene rings is 1. The molecule has 1 aromatic carbocycles. The molecular formula is C26H40N2O3. The van der Waals surface area contributed by atoms with Gasteiger partial charge in [0.1, 0.15) is 5.76 Å². The summed E-state index contributed by atoms with van der Waals surface area (Å²) in [4.78, 5) is 12.1. The van der Waals surface area contributed by atoms with E-state index in [4.69, 9.17) is 4.74 Å². The van der Waals surface area contributed by atoms with Crippen LogP contribution in [0.2, 0.25) is 0 Å². The van der Waals surface area contributed by atoms with Crippen LogP contribution in [0.15, 0.2) is 64.2 Å². The van der Waals surface area contributed by atoms with Crippen LogP contribution in [0.3, 0.4) is 0 Å². The molecule has 1 rings (SSSR count). The van der Waals surface area contributed by atoms with Crippen LogP contribution in [0, 0.1) is 0 Å². The largest absolute Gasteiger partial charge is 0.505 e. The minimum atomic E-state index is -0.681. The first-order valence-corrected chi connectivity index (χ1v) is 11.9. The molecule has 0 saturated carbocycles. The fourth-order valence-electron chi connectivity index (χ4n) is 3.20. The van der Waals surface area contributed by atoms with Gasteiger partial charge in [-0.05, 0) is 38.0 Å². The van der Waals surface area contributed by atoms with E-state index < -0.39 is 5.97 Å². The zero-order valence-electron chi connectivity index (χ0n) is 19.4. The Morgan fingerprint density at radius 3 is 2.06 bits per heavy atom. The predicted octanol–water partition coefficient (Wildman–Crippen LogP) is 8.36. The maximum atomic E-state index is 12.1. The van der Waals surface area contributed by atoms with Crippen LogP contribution < -0.4 is 0 Å². The van der Waals surface area contributed by atoms with Crippen molar-refractivity contribution in [2.75, 3.05) is 6.61 Å². The lowest BCUT2D eigenvalue weighted by molar-refractivity contribution is -0.138. The minimum Gasteiger partial charge on any atom is -0.505 e. The third-order valence-electron chi connectivity index (χ3n) is 4.98. The monoisotopic (exact) mass is 428 g/mol. The highest BCUT2D eigenvalue weighted by Gasteiger charge is 2.15. The number of allylic oxidation sites excluding steroid dienone is 2. The quantitative estimate of drug-likeness (QED) is 0.0676. The van der Waals surface area contributed by atoms with Crippen LogP contribution in [-0.4, -0.2) is 17.7 Å². The van der Waals surface area contributed by atoms with Crippen molar-refractivity contribution in [2.45, 2.75) is 90.9 Å². The van der Waals surface area contributed by atoms with E-state index in [0.29, 0.717) is 5.69 Å². The predicted molar refractivity (Wildman–Crippen MR) is 127 cm³/mol. The first kappa shape index (κ1) is 26.6. The number of hydrogen-bond donors (Lipinski definition) is 1. The van der Waals surface area contributed by atoms with Crippen LogP contribution in [0.4, 0.5) is 5.69 Å². The Kier molecular flexibility index (Phi) is 15.7. The summed E-state index contributed by atoms with van der Waals surface area (Å²) < 4.78 is 4.99. The SMILES string of the molecule is CCCCCCCCCCCCCC=C/C(O)=C(/N=Nc1ccccc1)C(=O)OCC. The van der Waals surface area contributed by atoms with E-state index in [1.807, 2.05) is 24.3 Å². The molecule has 0 atom stereocenters. The van der Waals surface area contributed by atoms with E-state index in [1.165, 1.54) is 70.3 Å². The zero-order chi connectivity index (χ0) is 22.6. The summed E-state index contributed by atoms with van der Waals surface area (Å²) in [5.74, 6) is -0.903. The number of aliphatic hydroxyl groups is 1. The van der Waals surface area contributed by atoms with E-state index in [-0.39, 0.29) is 18.1 Å². The van der Waals surface area contributed by atoms with Gasteiger partial charge in [0, 0.05) is 0 Å². The molecule has 0 aliphatic rings. The van der Waals surface area contributed by atoms with Crippen molar-refractivity contribution in [3.05, 3.63) is 53.9 Å². The summed E-state index contributed by atoms with van der Waals surface area (Å²) >= 11 is 0. The number of carbonyl (C=O) groups is 1. The van der Waals surface area contributed by atoms with Crippen LogP contribution in [0.25, 0.3) is 0 Å². The molecule has 0 aliphatic heterocycles. The van der Waals surface area contributed by atoms with Gasteiger partial charge >= 0.3 is 5.97 Å². The van der Waals surface area contributed by atoms with Crippen molar-refractivity contribution in [1.29, 1.82) is 0 Å². The average Bonchev–Trinajstić information content (AvgIpc) is 2.78. The third-order valence-corrected chi connectivity index (χ3v) is 4.98. The van der Waals surface area contributed by atoms with Gasteiger partial charge in [-0.15, -0.1) is 5.11 Å². The molecule has 0 spiro atoms. The highest BCUT2D eigenvalue weighted by molar-refractivity contribution is 5.88. The molecule has 1 N–H and O–H groups in total. The Labute approximate surface area is 188 Å². The standard InChI is InChI=1S/C26H40N2O3/c1-3-5-6-7-8-9-10-11-12-13-14-15-19-22-24(29)25(26(30)31-4-2)28-27-23-20-17-16-18-21-23/h16-22,29H,3-15H2,1-2H3/b22-19?,25-24-,28-27?. The molecule has 0 bridgehead atoms. The Morgan fingerprint density at radius 1 is 0.903 bits per heavy atom. The maximum Gasteiger partial charge on any atom is 0.362 e. The van der Waals surface area contributed by atoms with Crippen LogP contribution in [-0.2, 0) is 9.53 Å². The van der Waals surface area contributed by atoms with Crippen molar-refractivity contribution in [2.24, 2.45) is 10.2 Å². The average molecular weight is 429 g/mol. The summed E-state index contributed by atoms with van der Waals surface area (Å²) in [7, 11) is 0. The van der Waals surface area contributed by atoms with Crippen molar-refractivity contribution in [3.8, 4) is 0 Å². The van der Waals surface area contributed by atoms with Gasteiger partial charge in [-0.1, -0.05) is 95.4 Å². The first-order chi connectivity index (χ1) is 15.2. The Bertz CT molecular complexity index is 681. The number of aliphatic hydroxyl groups excluding tert-OH is 1. The number of carbonyl (C=O) groups excluding carboxylic acids is 1. The topological polar surface area (TPSA) is 71.2 Å². The summed E-state index contributed by atoms with van der Waals surface area (Å²) in [6, 6.07) is 9.07. The van der Waals surface area contributed by atoms with Gasteiger partial charge in [-0.25, -0.2) is 4.79 Å². The maximum absolute atomic E-state index is 12.1. The van der Waals surface area contributed by atoms with E-state index in [0.717, 1.165) is 12.8 Å². The fourth-order valence-corrected chi connectivity index (χ4v) is 3.20. The molecule has 0 saturated heterocycles. The van der Waals surface area contributed by atoms with Crippen LogP contribution >= 0.6 is 0 Å². The number of hydrogen-bond acceptors (Lipinski definition) is 5. The normalized spacial score (nSPS) is 12.5. The molecule has 31 heavy (non-hydrogen) atoms. The van der Waals surface area contributed by atoms with Crippen molar-refractivity contribution >= 4 is 11.7 Å². The summed E-state index contributed by atoms with van der Waals surface area (Å²) in [5.41, 5.74) is 0.419. The molecule has 1 aromatic rings. The smallest absolute Gasteiger partial charge is 0.362 e. The van der Waals surface area contributed by atoms with Crippen LogP contribution in [0.1, 0.15) is 90.9 Å². The highest BCUT2D eigenvalue weighted by atomic mass is 16.5. The number of rotatable bonds is 17. The summed E-state index contributed by atoms with van der Waals surface area (Å²) in [5, 5.41) is 18.2. The molecular weight excluding hydrogens is 388 g/mol. The number of unbranched alkanes of at least 4 members (excludes halogenated alkanes) is 11. The van der Waals surface area contributed by atoms with E-state index in [1.54, 1.807) is 19.1 Å². The van der Waals surface area contributed by atoms with Gasteiger partial charge in [0.2, 0.25) is 5.70 Å². The lowest BCUT2D eigenvalue weighted by Gasteiger charge is -2.03. The molecule has 5 heteroatoms.